The van der Waals surface area contributed by atoms with Gasteiger partial charge in [-0.1, -0.05) is 11.6 Å². The van der Waals surface area contributed by atoms with Crippen molar-refractivity contribution in [3.63, 3.8) is 0 Å². The van der Waals surface area contributed by atoms with Crippen molar-refractivity contribution in [1.29, 1.82) is 0 Å². The first kappa shape index (κ1) is 11.9. The molecule has 0 aromatic carbocycles. The number of aromatic nitrogens is 2. The highest BCUT2D eigenvalue weighted by Crippen LogP contribution is 2.21. The Bertz CT molecular complexity index is 569. The van der Waals surface area contributed by atoms with Crippen molar-refractivity contribution in [2.24, 2.45) is 7.05 Å². The van der Waals surface area contributed by atoms with E-state index in [-0.39, 0.29) is 12.2 Å². The zero-order valence-corrected chi connectivity index (χ0v) is 10.7. The summed E-state index contributed by atoms with van der Waals surface area (Å²) >= 11 is 6.08. The van der Waals surface area contributed by atoms with E-state index in [0.29, 0.717) is 16.5 Å². The van der Waals surface area contributed by atoms with Crippen LogP contribution in [-0.2, 0) is 13.5 Å². The highest BCUT2D eigenvalue weighted by Gasteiger charge is 2.18. The van der Waals surface area contributed by atoms with Crippen molar-refractivity contribution in [3.8, 4) is 0 Å². The molecule has 2 aromatic rings. The second-order valence-corrected chi connectivity index (χ2v) is 4.33. The molecule has 5 heteroatoms. The zero-order valence-electron chi connectivity index (χ0n) is 9.95. The van der Waals surface area contributed by atoms with E-state index < -0.39 is 0 Å². The van der Waals surface area contributed by atoms with Gasteiger partial charge in [0.1, 0.15) is 10.9 Å². The van der Waals surface area contributed by atoms with Gasteiger partial charge in [-0.05, 0) is 19.9 Å². The van der Waals surface area contributed by atoms with E-state index in [1.807, 2.05) is 6.92 Å². The molecule has 0 saturated heterocycles. The van der Waals surface area contributed by atoms with Crippen LogP contribution in [0.1, 0.15) is 27.4 Å². The Hall–Kier alpha value is -1.55. The number of Topliss-reactive ketones (excluding diaryl/α,β-unsaturated/α-hetero) is 1. The van der Waals surface area contributed by atoms with Crippen LogP contribution in [0.3, 0.4) is 0 Å². The minimum Gasteiger partial charge on any atom is -0.469 e. The molecule has 0 bridgehead atoms. The maximum atomic E-state index is 12.1. The average Bonchev–Trinajstić information content (AvgIpc) is 2.78. The Kier molecular flexibility index (Phi) is 3.07. The predicted octanol–water partition coefficient (Wildman–Crippen LogP) is 2.71. The third-order valence-electron chi connectivity index (χ3n) is 2.77. The molecular formula is C12H13ClN2O2. The third-order valence-corrected chi connectivity index (χ3v) is 3.24. The summed E-state index contributed by atoms with van der Waals surface area (Å²) in [6.07, 6.45) is 1.76. The molecule has 90 valence electrons. The Morgan fingerprint density at radius 1 is 1.53 bits per heavy atom. The second kappa shape index (κ2) is 4.37. The lowest BCUT2D eigenvalue weighted by molar-refractivity contribution is 0.0991. The van der Waals surface area contributed by atoms with Crippen LogP contribution in [0.5, 0.6) is 0 Å². The second-order valence-electron chi connectivity index (χ2n) is 3.97. The van der Waals surface area contributed by atoms with E-state index in [4.69, 9.17) is 16.0 Å². The largest absolute Gasteiger partial charge is 0.469 e. The molecule has 2 rings (SSSR count). The highest BCUT2D eigenvalue weighted by atomic mass is 35.5. The molecule has 0 N–H and O–H groups in total. The van der Waals surface area contributed by atoms with E-state index in [9.17, 15) is 4.79 Å². The van der Waals surface area contributed by atoms with Crippen LogP contribution in [0.2, 0.25) is 5.15 Å². The van der Waals surface area contributed by atoms with Crippen molar-refractivity contribution in [1.82, 2.24) is 9.78 Å². The molecular weight excluding hydrogens is 240 g/mol. The summed E-state index contributed by atoms with van der Waals surface area (Å²) < 4.78 is 6.69. The number of carbonyl (C=O) groups is 1. The van der Waals surface area contributed by atoms with E-state index >= 15 is 0 Å². The quantitative estimate of drug-likeness (QED) is 0.789. The highest BCUT2D eigenvalue weighted by molar-refractivity contribution is 6.30. The molecule has 0 unspecified atom stereocenters. The van der Waals surface area contributed by atoms with Gasteiger partial charge in [0, 0.05) is 19.0 Å². The van der Waals surface area contributed by atoms with Crippen LogP contribution in [0.25, 0.3) is 0 Å². The Morgan fingerprint density at radius 3 is 2.71 bits per heavy atom. The molecule has 0 aliphatic heterocycles. The van der Waals surface area contributed by atoms with Gasteiger partial charge in [0.15, 0.2) is 5.78 Å². The van der Waals surface area contributed by atoms with Crippen LogP contribution in [0.15, 0.2) is 16.7 Å². The summed E-state index contributed by atoms with van der Waals surface area (Å²) in [6, 6.07) is 1.68. The molecule has 2 heterocycles. The summed E-state index contributed by atoms with van der Waals surface area (Å²) in [5, 5.41) is 4.69. The minimum absolute atomic E-state index is 0.00532. The van der Waals surface area contributed by atoms with Crippen LogP contribution in [0, 0.1) is 13.8 Å². The Morgan fingerprint density at radius 2 is 2.24 bits per heavy atom. The molecule has 0 atom stereocenters. The van der Waals surface area contributed by atoms with Crippen molar-refractivity contribution < 1.29 is 9.21 Å². The van der Waals surface area contributed by atoms with Gasteiger partial charge >= 0.3 is 0 Å². The number of ketones is 1. The normalized spacial score (nSPS) is 10.8. The first-order chi connectivity index (χ1) is 8.00. The van der Waals surface area contributed by atoms with Gasteiger partial charge < -0.3 is 4.42 Å². The fraction of sp³-hybridized carbons (Fsp3) is 0.333. The van der Waals surface area contributed by atoms with Crippen LogP contribution < -0.4 is 0 Å². The first-order valence-electron chi connectivity index (χ1n) is 5.26. The molecule has 0 aliphatic rings. The Labute approximate surface area is 104 Å². The van der Waals surface area contributed by atoms with Crippen molar-refractivity contribution in [3.05, 3.63) is 40.1 Å². The lowest BCUT2D eigenvalue weighted by Gasteiger charge is -1.99. The number of hydrogen-bond donors (Lipinski definition) is 0. The number of rotatable bonds is 3. The molecule has 17 heavy (non-hydrogen) atoms. The van der Waals surface area contributed by atoms with Crippen LogP contribution in [-0.4, -0.2) is 15.6 Å². The SMILES string of the molecule is Cc1nn(C)c(Cl)c1CC(=O)c1ccoc1C. The maximum absolute atomic E-state index is 12.1. The minimum atomic E-state index is -0.00532. The van der Waals surface area contributed by atoms with Gasteiger partial charge in [0.05, 0.1) is 17.5 Å². The number of furan rings is 1. The van der Waals surface area contributed by atoms with Gasteiger partial charge in [-0.15, -0.1) is 0 Å². The van der Waals surface area contributed by atoms with E-state index in [1.54, 1.807) is 24.7 Å². The molecule has 0 aliphatic carbocycles. The number of aryl methyl sites for hydroxylation is 3. The fourth-order valence-corrected chi connectivity index (χ4v) is 2.05. The van der Waals surface area contributed by atoms with Gasteiger partial charge in [-0.25, -0.2) is 0 Å². The van der Waals surface area contributed by atoms with E-state index in [2.05, 4.69) is 5.10 Å². The molecule has 2 aromatic heterocycles. The van der Waals surface area contributed by atoms with Crippen LogP contribution in [0.4, 0.5) is 0 Å². The van der Waals surface area contributed by atoms with Crippen molar-refractivity contribution >= 4 is 17.4 Å². The molecule has 4 nitrogen and oxygen atoms in total. The molecule has 0 spiro atoms. The molecule has 0 saturated carbocycles. The van der Waals surface area contributed by atoms with E-state index in [0.717, 1.165) is 11.3 Å². The standard InChI is InChI=1S/C12H13ClN2O2/c1-7-10(12(13)15(3)14-7)6-11(16)9-4-5-17-8(9)2/h4-5H,6H2,1-3H3. The number of halogens is 1. The van der Waals surface area contributed by atoms with Gasteiger partial charge in [0.25, 0.3) is 0 Å². The average molecular weight is 253 g/mol. The van der Waals surface area contributed by atoms with Gasteiger partial charge in [0.2, 0.25) is 0 Å². The number of carbonyl (C=O) groups excluding carboxylic acids is 1. The van der Waals surface area contributed by atoms with Gasteiger partial charge in [-0.3, -0.25) is 9.48 Å². The fourth-order valence-electron chi connectivity index (χ4n) is 1.80. The summed E-state index contributed by atoms with van der Waals surface area (Å²) in [7, 11) is 1.76. The topological polar surface area (TPSA) is 48.0 Å². The van der Waals surface area contributed by atoms with Crippen molar-refractivity contribution in [2.45, 2.75) is 20.3 Å². The predicted molar refractivity (Wildman–Crippen MR) is 64.4 cm³/mol. The van der Waals surface area contributed by atoms with Crippen LogP contribution >= 0.6 is 11.6 Å². The first-order valence-corrected chi connectivity index (χ1v) is 5.63. The lowest BCUT2D eigenvalue weighted by atomic mass is 10.0. The number of nitrogens with zero attached hydrogens (tertiary/aromatic N) is 2. The summed E-state index contributed by atoms with van der Waals surface area (Å²) in [5.41, 5.74) is 2.16. The monoisotopic (exact) mass is 252 g/mol. The number of hydrogen-bond acceptors (Lipinski definition) is 3. The van der Waals surface area contributed by atoms with Gasteiger partial charge in [-0.2, -0.15) is 5.10 Å². The third kappa shape index (κ3) is 2.13. The molecule has 0 amide bonds. The maximum Gasteiger partial charge on any atom is 0.170 e. The molecule has 0 fully saturated rings. The Balaban J connectivity index is 2.28. The summed E-state index contributed by atoms with van der Waals surface area (Å²) in [5.74, 6) is 0.627. The van der Waals surface area contributed by atoms with E-state index in [1.165, 1.54) is 6.26 Å². The smallest absolute Gasteiger partial charge is 0.170 e. The summed E-state index contributed by atoms with van der Waals surface area (Å²) in [6.45, 7) is 3.61. The molecule has 0 radical (unpaired) electrons. The zero-order chi connectivity index (χ0) is 12.6. The lowest BCUT2D eigenvalue weighted by Crippen LogP contribution is -2.04. The van der Waals surface area contributed by atoms with Crippen molar-refractivity contribution in [2.75, 3.05) is 0 Å². The summed E-state index contributed by atoms with van der Waals surface area (Å²) in [4.78, 5) is 12.1.